The summed E-state index contributed by atoms with van der Waals surface area (Å²) in [4.78, 5) is 15.7. The highest BCUT2D eigenvalue weighted by atomic mass is 16.5. The molecule has 1 heterocycles. The zero-order valence-electron chi connectivity index (χ0n) is 24.5. The first-order valence-electron chi connectivity index (χ1n) is 14.8. The largest absolute Gasteiger partial charge is 0.457 e. The minimum atomic E-state index is -0.317. The van der Waals surface area contributed by atoms with Crippen LogP contribution in [0.3, 0.4) is 0 Å². The van der Waals surface area contributed by atoms with E-state index in [4.69, 9.17) is 9.15 Å². The average Bonchev–Trinajstić information content (AvgIpc) is 3.27. The maximum absolute atomic E-state index is 13.5. The van der Waals surface area contributed by atoms with Gasteiger partial charge < -0.3 is 14.1 Å². The van der Waals surface area contributed by atoms with Crippen molar-refractivity contribution < 1.29 is 9.15 Å². The summed E-state index contributed by atoms with van der Waals surface area (Å²) in [6.07, 6.45) is 0. The molecule has 7 aromatic rings. The van der Waals surface area contributed by atoms with Crippen molar-refractivity contribution in [2.45, 2.75) is 19.3 Å². The molecule has 0 amide bonds. The maximum Gasteiger partial charge on any atom is 0.200 e. The summed E-state index contributed by atoms with van der Waals surface area (Å²) < 4.78 is 12.3. The average molecular weight is 572 g/mol. The van der Waals surface area contributed by atoms with Gasteiger partial charge >= 0.3 is 0 Å². The molecule has 0 spiro atoms. The molecule has 8 rings (SSSR count). The van der Waals surface area contributed by atoms with Gasteiger partial charge in [0.2, 0.25) is 5.43 Å². The second kappa shape index (κ2) is 9.99. The van der Waals surface area contributed by atoms with Gasteiger partial charge in [-0.25, -0.2) is 0 Å². The topological polar surface area (TPSA) is 42.7 Å². The van der Waals surface area contributed by atoms with Crippen LogP contribution in [-0.4, -0.2) is 0 Å². The van der Waals surface area contributed by atoms with E-state index in [1.807, 2.05) is 84.9 Å². The molecule has 6 aromatic carbocycles. The summed E-state index contributed by atoms with van der Waals surface area (Å²) in [6.45, 7) is 4.47. The molecule has 1 aliphatic carbocycles. The minimum absolute atomic E-state index is 0.00652. The first-order chi connectivity index (χ1) is 21.5. The molecular weight excluding hydrogens is 542 g/mol. The van der Waals surface area contributed by atoms with E-state index in [0.717, 1.165) is 45.3 Å². The van der Waals surface area contributed by atoms with Gasteiger partial charge in [-0.3, -0.25) is 4.79 Å². The van der Waals surface area contributed by atoms with Crippen molar-refractivity contribution in [3.05, 3.63) is 161 Å². The monoisotopic (exact) mass is 571 g/mol. The van der Waals surface area contributed by atoms with E-state index in [-0.39, 0.29) is 10.8 Å². The molecule has 0 N–H and O–H groups in total. The summed E-state index contributed by atoms with van der Waals surface area (Å²) in [7, 11) is 0. The quantitative estimate of drug-likeness (QED) is 0.193. The third-order valence-electron chi connectivity index (χ3n) is 8.70. The maximum atomic E-state index is 13.5. The summed E-state index contributed by atoms with van der Waals surface area (Å²) >= 11 is 0. The van der Waals surface area contributed by atoms with Crippen molar-refractivity contribution in [3.8, 4) is 22.6 Å². The van der Waals surface area contributed by atoms with Crippen LogP contribution in [0.15, 0.2) is 149 Å². The van der Waals surface area contributed by atoms with Crippen molar-refractivity contribution in [1.82, 2.24) is 0 Å². The summed E-state index contributed by atoms with van der Waals surface area (Å²) in [6, 6.07) is 46.6. The van der Waals surface area contributed by atoms with Gasteiger partial charge in [-0.15, -0.1) is 0 Å². The third kappa shape index (κ3) is 4.18. The van der Waals surface area contributed by atoms with E-state index < -0.39 is 0 Å². The molecule has 4 heteroatoms. The Hall–Kier alpha value is -5.61. The number of hydrogen-bond donors (Lipinski definition) is 0. The molecular formula is C40H29NO3. The molecule has 4 nitrogen and oxygen atoms in total. The molecule has 0 aliphatic heterocycles. The molecule has 44 heavy (non-hydrogen) atoms. The Balaban J connectivity index is 1.23. The van der Waals surface area contributed by atoms with E-state index in [9.17, 15) is 4.79 Å². The standard InChI is InChI=1S/C40H29NO3/c1-40(2)35-23-28(19-22-31(35)33-25-38-34(24-36(33)40)39(42)32-15-9-10-16-37(32)44-38)41(26-11-5-3-6-12-26)27-17-20-30(21-18-27)43-29-13-7-4-8-14-29/h3-25H,1-2H3. The first-order valence-corrected chi connectivity index (χ1v) is 14.8. The van der Waals surface area contributed by atoms with Crippen molar-refractivity contribution in [1.29, 1.82) is 0 Å². The lowest BCUT2D eigenvalue weighted by atomic mass is 9.82. The smallest absolute Gasteiger partial charge is 0.200 e. The highest BCUT2D eigenvalue weighted by Crippen LogP contribution is 2.51. The highest BCUT2D eigenvalue weighted by molar-refractivity contribution is 5.96. The molecule has 0 bridgehead atoms. The molecule has 0 saturated carbocycles. The van der Waals surface area contributed by atoms with Crippen LogP contribution in [-0.2, 0) is 5.41 Å². The molecule has 0 saturated heterocycles. The van der Waals surface area contributed by atoms with Gasteiger partial charge in [-0.05, 0) is 107 Å². The molecule has 0 fully saturated rings. The Morgan fingerprint density at radius 2 is 1.16 bits per heavy atom. The van der Waals surface area contributed by atoms with Gasteiger partial charge in [0.05, 0.1) is 10.8 Å². The number of anilines is 3. The lowest BCUT2D eigenvalue weighted by molar-refractivity contribution is 0.483. The third-order valence-corrected chi connectivity index (χ3v) is 8.70. The number of hydrogen-bond acceptors (Lipinski definition) is 4. The van der Waals surface area contributed by atoms with E-state index in [1.165, 1.54) is 5.56 Å². The number of nitrogens with zero attached hydrogens (tertiary/aromatic N) is 1. The van der Waals surface area contributed by atoms with Crippen molar-refractivity contribution >= 4 is 39.0 Å². The van der Waals surface area contributed by atoms with Gasteiger partial charge in [-0.2, -0.15) is 0 Å². The fourth-order valence-electron chi connectivity index (χ4n) is 6.47. The van der Waals surface area contributed by atoms with Crippen LogP contribution in [0.1, 0.15) is 25.0 Å². The van der Waals surface area contributed by atoms with Gasteiger partial charge in [0.15, 0.2) is 0 Å². The highest BCUT2D eigenvalue weighted by Gasteiger charge is 2.37. The number of ether oxygens (including phenoxy) is 1. The fourth-order valence-corrected chi connectivity index (χ4v) is 6.47. The van der Waals surface area contributed by atoms with E-state index >= 15 is 0 Å². The van der Waals surface area contributed by atoms with Crippen LogP contribution in [0.2, 0.25) is 0 Å². The molecule has 0 unspecified atom stereocenters. The lowest BCUT2D eigenvalue weighted by Gasteiger charge is -2.28. The van der Waals surface area contributed by atoms with Gasteiger partial charge in [0, 0.05) is 22.5 Å². The minimum Gasteiger partial charge on any atom is -0.457 e. The van der Waals surface area contributed by atoms with Crippen molar-refractivity contribution in [2.24, 2.45) is 0 Å². The predicted molar refractivity (Wildman–Crippen MR) is 179 cm³/mol. The van der Waals surface area contributed by atoms with Crippen LogP contribution >= 0.6 is 0 Å². The molecule has 0 atom stereocenters. The Morgan fingerprint density at radius 1 is 0.545 bits per heavy atom. The molecule has 212 valence electrons. The second-order valence-electron chi connectivity index (χ2n) is 11.8. The van der Waals surface area contributed by atoms with Crippen molar-refractivity contribution in [2.75, 3.05) is 4.90 Å². The zero-order chi connectivity index (χ0) is 29.8. The summed E-state index contributed by atoms with van der Waals surface area (Å²) in [5.41, 5.74) is 8.66. The SMILES string of the molecule is CC1(C)c2cc(N(c3ccccc3)c3ccc(Oc4ccccc4)cc3)ccc2-c2cc3oc4ccccc4c(=O)c3cc21. The van der Waals surface area contributed by atoms with E-state index in [2.05, 4.69) is 73.3 Å². The number of benzene rings is 6. The van der Waals surface area contributed by atoms with Crippen molar-refractivity contribution in [3.63, 3.8) is 0 Å². The van der Waals surface area contributed by atoms with E-state index in [1.54, 1.807) is 0 Å². The number of fused-ring (bicyclic) bond motifs is 5. The number of para-hydroxylation sites is 3. The van der Waals surface area contributed by atoms with Crippen LogP contribution in [0.4, 0.5) is 17.1 Å². The number of rotatable bonds is 5. The lowest BCUT2D eigenvalue weighted by Crippen LogP contribution is -2.17. The van der Waals surface area contributed by atoms with Gasteiger partial charge in [0.25, 0.3) is 0 Å². The Labute approximate surface area is 255 Å². The van der Waals surface area contributed by atoms with Crippen LogP contribution in [0.25, 0.3) is 33.1 Å². The fraction of sp³-hybridized carbons (Fsp3) is 0.0750. The van der Waals surface area contributed by atoms with Gasteiger partial charge in [-0.1, -0.05) is 68.4 Å². The first kappa shape index (κ1) is 26.1. The summed E-state index contributed by atoms with van der Waals surface area (Å²) in [5, 5.41) is 1.22. The van der Waals surface area contributed by atoms with E-state index in [0.29, 0.717) is 21.9 Å². The normalized spacial score (nSPS) is 13.0. The molecule has 0 radical (unpaired) electrons. The molecule has 1 aliphatic rings. The zero-order valence-corrected chi connectivity index (χ0v) is 24.5. The Morgan fingerprint density at radius 3 is 1.93 bits per heavy atom. The second-order valence-corrected chi connectivity index (χ2v) is 11.8. The van der Waals surface area contributed by atoms with Crippen LogP contribution in [0, 0.1) is 0 Å². The Bertz CT molecular complexity index is 2230. The van der Waals surface area contributed by atoms with Crippen LogP contribution in [0.5, 0.6) is 11.5 Å². The summed E-state index contributed by atoms with van der Waals surface area (Å²) in [5.74, 6) is 1.58. The molecule has 1 aromatic heterocycles. The van der Waals surface area contributed by atoms with Crippen LogP contribution < -0.4 is 15.1 Å². The Kier molecular flexibility index (Phi) is 5.92. The predicted octanol–water partition coefficient (Wildman–Crippen LogP) is 10.5. The van der Waals surface area contributed by atoms with Gasteiger partial charge in [0.1, 0.15) is 22.7 Å².